The maximum atomic E-state index is 13.5. The molecular weight excluding hydrogens is 397 g/mol. The molecule has 7 heteroatoms. The van der Waals surface area contributed by atoms with E-state index in [-0.39, 0.29) is 11.7 Å². The molecule has 0 spiro atoms. The van der Waals surface area contributed by atoms with Gasteiger partial charge in [0.25, 0.3) is 0 Å². The molecule has 4 nitrogen and oxygen atoms in total. The smallest absolute Gasteiger partial charge is 0.419 e. The quantitative estimate of drug-likeness (QED) is 0.644. The molecule has 166 valence electrons. The maximum Gasteiger partial charge on any atom is 0.419 e. The van der Waals surface area contributed by atoms with Crippen LogP contribution in [-0.2, 0) is 10.9 Å². The van der Waals surface area contributed by atoms with E-state index in [0.717, 1.165) is 55.7 Å². The van der Waals surface area contributed by atoms with E-state index in [1.807, 2.05) is 20.8 Å². The molecule has 4 fully saturated rings. The number of benzene rings is 1. The van der Waals surface area contributed by atoms with E-state index in [2.05, 4.69) is 0 Å². The minimum absolute atomic E-state index is 0.0271. The molecule has 0 N–H and O–H groups in total. The van der Waals surface area contributed by atoms with Crippen LogP contribution in [-0.4, -0.2) is 18.4 Å². The Morgan fingerprint density at radius 3 is 2.07 bits per heavy atom. The Morgan fingerprint density at radius 2 is 1.60 bits per heavy atom. The Morgan fingerprint density at radius 1 is 1.03 bits per heavy atom. The molecule has 4 aliphatic rings. The second-order valence-electron chi connectivity index (χ2n) is 10.3. The van der Waals surface area contributed by atoms with Gasteiger partial charge in [0.2, 0.25) is 6.29 Å². The molecule has 4 bridgehead atoms. The van der Waals surface area contributed by atoms with Crippen LogP contribution in [0.3, 0.4) is 0 Å². The van der Waals surface area contributed by atoms with Crippen molar-refractivity contribution in [1.82, 2.24) is 0 Å². The molecule has 0 saturated heterocycles. The summed E-state index contributed by atoms with van der Waals surface area (Å²) in [7, 11) is 0. The Bertz CT molecular complexity index is 784. The predicted molar refractivity (Wildman–Crippen MR) is 102 cm³/mol. The second-order valence-corrected chi connectivity index (χ2v) is 10.3. The number of carbonyl (C=O) groups is 1. The van der Waals surface area contributed by atoms with Crippen molar-refractivity contribution in [3.05, 3.63) is 29.3 Å². The summed E-state index contributed by atoms with van der Waals surface area (Å²) in [5.74, 6) is 0.254. The van der Waals surface area contributed by atoms with E-state index < -0.39 is 35.2 Å². The summed E-state index contributed by atoms with van der Waals surface area (Å²) >= 11 is 0. The number of carboxylic acid groups (broad SMARTS) is 1. The third kappa shape index (κ3) is 4.18. The Labute approximate surface area is 174 Å². The van der Waals surface area contributed by atoms with Gasteiger partial charge in [0.1, 0.15) is 5.75 Å². The van der Waals surface area contributed by atoms with Gasteiger partial charge in [0.15, 0.2) is 0 Å². The van der Waals surface area contributed by atoms with Crippen LogP contribution in [0.4, 0.5) is 13.2 Å². The van der Waals surface area contributed by atoms with Crippen LogP contribution in [0.25, 0.3) is 0 Å². The summed E-state index contributed by atoms with van der Waals surface area (Å²) in [6, 6.07) is 2.50. The first-order chi connectivity index (χ1) is 13.9. The van der Waals surface area contributed by atoms with Gasteiger partial charge in [-0.3, -0.25) is 0 Å². The molecule has 1 atom stereocenters. The Balaban J connectivity index is 1.61. The number of carbonyl (C=O) groups excluding carboxylic acids is 1. The summed E-state index contributed by atoms with van der Waals surface area (Å²) in [4.78, 5) is 11.2. The fourth-order valence-corrected chi connectivity index (χ4v) is 5.75. The number of halogens is 3. The van der Waals surface area contributed by atoms with Crippen molar-refractivity contribution >= 4 is 5.97 Å². The monoisotopic (exact) mass is 425 g/mol. The van der Waals surface area contributed by atoms with E-state index in [4.69, 9.17) is 9.47 Å². The van der Waals surface area contributed by atoms with Gasteiger partial charge < -0.3 is 19.4 Å². The first-order valence-corrected chi connectivity index (χ1v) is 10.7. The van der Waals surface area contributed by atoms with Gasteiger partial charge in [-0.1, -0.05) is 26.8 Å². The lowest BCUT2D eigenvalue weighted by molar-refractivity contribution is -0.255. The minimum atomic E-state index is -4.68. The average molecular weight is 425 g/mol. The molecule has 0 aromatic heterocycles. The van der Waals surface area contributed by atoms with Crippen molar-refractivity contribution < 1.29 is 32.5 Å². The number of hydrogen-bond acceptors (Lipinski definition) is 4. The Hall–Kier alpha value is -1.76. The third-order valence-electron chi connectivity index (χ3n) is 6.88. The van der Waals surface area contributed by atoms with Crippen molar-refractivity contribution in [2.75, 3.05) is 0 Å². The molecule has 1 unspecified atom stereocenters. The third-order valence-corrected chi connectivity index (χ3v) is 6.88. The lowest BCUT2D eigenvalue weighted by Gasteiger charge is -2.55. The fourth-order valence-electron chi connectivity index (χ4n) is 5.75. The zero-order valence-corrected chi connectivity index (χ0v) is 17.5. The van der Waals surface area contributed by atoms with Crippen molar-refractivity contribution in [1.29, 1.82) is 0 Å². The van der Waals surface area contributed by atoms with Crippen molar-refractivity contribution in [2.45, 2.75) is 71.4 Å². The number of ether oxygens (including phenoxy) is 2. The summed E-state index contributed by atoms with van der Waals surface area (Å²) in [5.41, 5.74) is -1.98. The van der Waals surface area contributed by atoms with Gasteiger partial charge >= 0.3 is 6.18 Å². The second kappa shape index (κ2) is 7.43. The van der Waals surface area contributed by atoms with Crippen LogP contribution >= 0.6 is 0 Å². The predicted octanol–water partition coefficient (Wildman–Crippen LogP) is 4.66. The number of hydrogen-bond donors (Lipinski definition) is 0. The van der Waals surface area contributed by atoms with Gasteiger partial charge in [0, 0.05) is 11.0 Å². The highest BCUT2D eigenvalue weighted by atomic mass is 19.4. The van der Waals surface area contributed by atoms with E-state index in [1.54, 1.807) is 0 Å². The largest absolute Gasteiger partial charge is 0.545 e. The summed E-state index contributed by atoms with van der Waals surface area (Å²) in [5, 5.41) is 11.2. The van der Waals surface area contributed by atoms with Crippen LogP contribution in [0.5, 0.6) is 5.75 Å². The topological polar surface area (TPSA) is 58.6 Å². The van der Waals surface area contributed by atoms with Crippen molar-refractivity contribution in [3.63, 3.8) is 0 Å². The van der Waals surface area contributed by atoms with Gasteiger partial charge in [-0.2, -0.15) is 13.2 Å². The highest BCUT2D eigenvalue weighted by Crippen LogP contribution is 2.55. The molecule has 4 saturated carbocycles. The standard InChI is InChI=1S/C23H29F3O4/c1-22(2,3)21(30-19-15-7-12-6-13(9-15)10-16(19)8-12)29-18-11-14(20(27)28)4-5-17(18)23(24,25)26/h4-5,11-13,15-16,19,21H,6-10H2,1-3H3,(H,27,28)/p-1. The number of carboxylic acids is 1. The molecule has 0 heterocycles. The SMILES string of the molecule is CC(C)(C)C(Oc1cc(C(=O)[O-])ccc1C(F)(F)F)OC1C2CC3CC(C2)CC1C3. The molecule has 0 radical (unpaired) electrons. The lowest BCUT2D eigenvalue weighted by Crippen LogP contribution is -2.52. The Kier molecular flexibility index (Phi) is 5.32. The van der Waals surface area contributed by atoms with Gasteiger partial charge in [-0.15, -0.1) is 0 Å². The molecule has 4 aliphatic carbocycles. The molecular formula is C23H28F3O4-. The van der Waals surface area contributed by atoms with E-state index in [0.29, 0.717) is 11.8 Å². The zero-order valence-electron chi connectivity index (χ0n) is 17.5. The maximum absolute atomic E-state index is 13.5. The summed E-state index contributed by atoms with van der Waals surface area (Å²) < 4.78 is 52.8. The van der Waals surface area contributed by atoms with Crippen molar-refractivity contribution in [2.24, 2.45) is 29.1 Å². The molecule has 5 rings (SSSR count). The van der Waals surface area contributed by atoms with Gasteiger partial charge in [-0.25, -0.2) is 0 Å². The first kappa shape index (κ1) is 21.5. The number of alkyl halides is 3. The van der Waals surface area contributed by atoms with E-state index >= 15 is 0 Å². The average Bonchev–Trinajstić information content (AvgIpc) is 2.61. The van der Waals surface area contributed by atoms with Gasteiger partial charge in [-0.05, 0) is 67.9 Å². The van der Waals surface area contributed by atoms with Crippen LogP contribution in [0, 0.1) is 29.1 Å². The first-order valence-electron chi connectivity index (χ1n) is 10.7. The minimum Gasteiger partial charge on any atom is -0.545 e. The van der Waals surface area contributed by atoms with E-state index in [9.17, 15) is 23.1 Å². The molecule has 1 aromatic carbocycles. The molecule has 1 aromatic rings. The van der Waals surface area contributed by atoms with Gasteiger partial charge in [0.05, 0.1) is 17.6 Å². The fraction of sp³-hybridized carbons (Fsp3) is 0.696. The molecule has 30 heavy (non-hydrogen) atoms. The normalized spacial score (nSPS) is 31.6. The zero-order chi connectivity index (χ0) is 21.8. The number of rotatable bonds is 5. The lowest BCUT2D eigenvalue weighted by atomic mass is 9.55. The number of aromatic carboxylic acids is 1. The molecule has 0 aliphatic heterocycles. The van der Waals surface area contributed by atoms with Crippen LogP contribution in [0.1, 0.15) is 68.8 Å². The van der Waals surface area contributed by atoms with Crippen LogP contribution in [0.2, 0.25) is 0 Å². The van der Waals surface area contributed by atoms with Crippen LogP contribution in [0.15, 0.2) is 18.2 Å². The van der Waals surface area contributed by atoms with E-state index in [1.165, 1.54) is 6.42 Å². The summed E-state index contributed by atoms with van der Waals surface area (Å²) in [6.45, 7) is 5.55. The highest BCUT2D eigenvalue weighted by molar-refractivity contribution is 5.86. The van der Waals surface area contributed by atoms with Crippen molar-refractivity contribution in [3.8, 4) is 5.75 Å². The highest BCUT2D eigenvalue weighted by Gasteiger charge is 2.50. The molecule has 0 amide bonds. The summed E-state index contributed by atoms with van der Waals surface area (Å²) in [6.07, 6.45) is 0.115. The van der Waals surface area contributed by atoms with Crippen LogP contribution < -0.4 is 9.84 Å².